The first-order valence-corrected chi connectivity index (χ1v) is 9.79. The molecule has 142 valence electrons. The van der Waals surface area contributed by atoms with Gasteiger partial charge in [0.25, 0.3) is 10.1 Å². The fourth-order valence-corrected chi connectivity index (χ4v) is 2.05. The maximum Gasteiger partial charge on any atom is 0.264 e. The van der Waals surface area contributed by atoms with E-state index < -0.39 is 10.1 Å². The van der Waals surface area contributed by atoms with Crippen molar-refractivity contribution in [1.29, 1.82) is 0 Å². The summed E-state index contributed by atoms with van der Waals surface area (Å²) in [5, 5.41) is 0. The summed E-state index contributed by atoms with van der Waals surface area (Å²) in [6.07, 6.45) is 3.62. The molecule has 0 N–H and O–H groups in total. The summed E-state index contributed by atoms with van der Waals surface area (Å²) >= 11 is 0. The highest BCUT2D eigenvalue weighted by Crippen LogP contribution is 2.17. The lowest BCUT2D eigenvalue weighted by molar-refractivity contribution is 0.0280. The summed E-state index contributed by atoms with van der Waals surface area (Å²) in [5.74, 6) is 1.54. The summed E-state index contributed by atoms with van der Waals surface area (Å²) in [5.41, 5.74) is 0. The van der Waals surface area contributed by atoms with Crippen molar-refractivity contribution in [2.75, 3.05) is 52.5 Å². The molecule has 0 saturated heterocycles. The normalized spacial score (nSPS) is 11.2. The number of hydrogen-bond acceptors (Lipinski definition) is 7. The summed E-state index contributed by atoms with van der Waals surface area (Å²) in [6, 6.07) is 7.39. The lowest BCUT2D eigenvalue weighted by Crippen LogP contribution is -2.14. The Balaban J connectivity index is 1.98. The van der Waals surface area contributed by atoms with Crippen LogP contribution in [0.3, 0.4) is 0 Å². The van der Waals surface area contributed by atoms with Gasteiger partial charge in [-0.05, 0) is 30.7 Å². The Morgan fingerprint density at radius 1 is 0.840 bits per heavy atom. The maximum absolute atomic E-state index is 10.7. The third-order valence-electron chi connectivity index (χ3n) is 2.81. The first kappa shape index (κ1) is 21.4. The van der Waals surface area contributed by atoms with Gasteiger partial charge in [0, 0.05) is 0 Å². The lowest BCUT2D eigenvalue weighted by atomic mass is 10.3. The van der Waals surface area contributed by atoms with E-state index in [0.29, 0.717) is 33.0 Å². The van der Waals surface area contributed by atoms with Crippen LogP contribution in [0.4, 0.5) is 0 Å². The Morgan fingerprint density at radius 3 is 1.84 bits per heavy atom. The van der Waals surface area contributed by atoms with Crippen molar-refractivity contribution in [2.45, 2.75) is 6.42 Å². The van der Waals surface area contributed by atoms with Crippen molar-refractivity contribution in [3.63, 3.8) is 0 Å². The molecule has 0 spiro atoms. The van der Waals surface area contributed by atoms with Crippen molar-refractivity contribution in [2.24, 2.45) is 0 Å². The summed E-state index contributed by atoms with van der Waals surface area (Å²) in [7, 11) is -3.40. The van der Waals surface area contributed by atoms with E-state index in [9.17, 15) is 8.42 Å². The SMILES string of the molecule is C=CCCOc1ccc(OCCOCCOCCOS(C)(=O)=O)cc1. The third kappa shape index (κ3) is 12.4. The zero-order valence-corrected chi connectivity index (χ0v) is 15.3. The second-order valence-electron chi connectivity index (χ2n) is 5.00. The van der Waals surface area contributed by atoms with Crippen molar-refractivity contribution in [3.05, 3.63) is 36.9 Å². The molecule has 7 nitrogen and oxygen atoms in total. The molecule has 0 aliphatic carbocycles. The Kier molecular flexibility index (Phi) is 10.9. The van der Waals surface area contributed by atoms with Gasteiger partial charge in [0.2, 0.25) is 0 Å². The Bertz CT molecular complexity index is 569. The quantitative estimate of drug-likeness (QED) is 0.264. The number of hydrogen-bond donors (Lipinski definition) is 0. The highest BCUT2D eigenvalue weighted by molar-refractivity contribution is 7.85. The molecule has 1 aromatic carbocycles. The predicted octanol–water partition coefficient (Wildman–Crippen LogP) is 2.03. The largest absolute Gasteiger partial charge is 0.493 e. The van der Waals surface area contributed by atoms with E-state index in [-0.39, 0.29) is 13.2 Å². The van der Waals surface area contributed by atoms with E-state index in [1.807, 2.05) is 30.3 Å². The van der Waals surface area contributed by atoms with E-state index in [1.165, 1.54) is 0 Å². The molecule has 1 rings (SSSR count). The van der Waals surface area contributed by atoms with E-state index in [4.69, 9.17) is 18.9 Å². The molecule has 0 amide bonds. The van der Waals surface area contributed by atoms with E-state index in [1.54, 1.807) is 0 Å². The fraction of sp³-hybridized carbons (Fsp3) is 0.529. The van der Waals surface area contributed by atoms with Crippen LogP contribution < -0.4 is 9.47 Å². The van der Waals surface area contributed by atoms with Gasteiger partial charge >= 0.3 is 0 Å². The van der Waals surface area contributed by atoms with Gasteiger partial charge in [-0.1, -0.05) is 6.08 Å². The molecular formula is C17H26O7S. The van der Waals surface area contributed by atoms with Gasteiger partial charge in [0.1, 0.15) is 18.1 Å². The van der Waals surface area contributed by atoms with Crippen LogP contribution in [0.15, 0.2) is 36.9 Å². The molecule has 0 aromatic heterocycles. The van der Waals surface area contributed by atoms with Crippen LogP contribution in [0, 0.1) is 0 Å². The molecule has 0 atom stereocenters. The zero-order chi connectivity index (χ0) is 18.4. The molecule has 0 aliphatic rings. The Morgan fingerprint density at radius 2 is 1.32 bits per heavy atom. The fourth-order valence-electron chi connectivity index (χ4n) is 1.68. The Labute approximate surface area is 149 Å². The molecule has 0 fully saturated rings. The molecule has 0 heterocycles. The van der Waals surface area contributed by atoms with Gasteiger partial charge in [0.15, 0.2) is 0 Å². The average Bonchev–Trinajstić information content (AvgIpc) is 2.57. The average molecular weight is 374 g/mol. The van der Waals surface area contributed by atoms with Crippen molar-refractivity contribution in [1.82, 2.24) is 0 Å². The predicted molar refractivity (Wildman–Crippen MR) is 94.7 cm³/mol. The van der Waals surface area contributed by atoms with E-state index in [2.05, 4.69) is 10.8 Å². The first-order chi connectivity index (χ1) is 12.0. The van der Waals surface area contributed by atoms with Crippen molar-refractivity contribution in [3.8, 4) is 11.5 Å². The van der Waals surface area contributed by atoms with Gasteiger partial charge in [-0.25, -0.2) is 0 Å². The zero-order valence-electron chi connectivity index (χ0n) is 14.5. The van der Waals surface area contributed by atoms with Crippen LogP contribution in [-0.2, 0) is 23.8 Å². The number of benzene rings is 1. The van der Waals surface area contributed by atoms with Crippen LogP contribution in [0.5, 0.6) is 11.5 Å². The summed E-state index contributed by atoms with van der Waals surface area (Å²) in [4.78, 5) is 0. The minimum absolute atomic E-state index is 0.00917. The summed E-state index contributed by atoms with van der Waals surface area (Å²) in [6.45, 7) is 6.09. The molecular weight excluding hydrogens is 348 g/mol. The van der Waals surface area contributed by atoms with Crippen molar-refractivity contribution < 1.29 is 31.5 Å². The molecule has 0 bridgehead atoms. The van der Waals surface area contributed by atoms with Crippen LogP contribution in [0.25, 0.3) is 0 Å². The second-order valence-corrected chi connectivity index (χ2v) is 6.64. The monoisotopic (exact) mass is 374 g/mol. The highest BCUT2D eigenvalue weighted by atomic mass is 32.2. The van der Waals surface area contributed by atoms with Gasteiger partial charge in [0.05, 0.1) is 45.9 Å². The number of rotatable bonds is 15. The molecule has 0 radical (unpaired) electrons. The standard InChI is InChI=1S/C17H26O7S/c1-3-4-9-22-16-5-7-17(8-6-16)23-14-12-20-10-11-21-13-15-24-25(2,18)19/h3,5-8H,1,4,9-15H2,2H3. The topological polar surface area (TPSA) is 80.3 Å². The first-order valence-electron chi connectivity index (χ1n) is 7.98. The van der Waals surface area contributed by atoms with Crippen LogP contribution in [0.2, 0.25) is 0 Å². The van der Waals surface area contributed by atoms with E-state index >= 15 is 0 Å². The van der Waals surface area contributed by atoms with Gasteiger partial charge in [-0.2, -0.15) is 8.42 Å². The van der Waals surface area contributed by atoms with Crippen molar-refractivity contribution >= 4 is 10.1 Å². The van der Waals surface area contributed by atoms with Gasteiger partial charge in [-0.3, -0.25) is 4.18 Å². The minimum atomic E-state index is -3.40. The third-order valence-corrected chi connectivity index (χ3v) is 3.40. The smallest absolute Gasteiger partial charge is 0.264 e. The summed E-state index contributed by atoms with van der Waals surface area (Å²) < 4.78 is 47.5. The minimum Gasteiger partial charge on any atom is -0.493 e. The molecule has 8 heteroatoms. The van der Waals surface area contributed by atoms with E-state index in [0.717, 1.165) is 24.2 Å². The van der Waals surface area contributed by atoms with Crippen LogP contribution in [0.1, 0.15) is 6.42 Å². The maximum atomic E-state index is 10.7. The molecule has 0 unspecified atom stereocenters. The molecule has 0 saturated carbocycles. The molecule has 1 aromatic rings. The van der Waals surface area contributed by atoms with Gasteiger partial charge < -0.3 is 18.9 Å². The molecule has 0 aliphatic heterocycles. The second kappa shape index (κ2) is 12.7. The van der Waals surface area contributed by atoms with Gasteiger partial charge in [-0.15, -0.1) is 6.58 Å². The Hall–Kier alpha value is -1.61. The molecule has 25 heavy (non-hydrogen) atoms. The lowest BCUT2D eigenvalue weighted by Gasteiger charge is -2.09. The highest BCUT2D eigenvalue weighted by Gasteiger charge is 2.00. The van der Waals surface area contributed by atoms with Crippen LogP contribution in [-0.4, -0.2) is 60.9 Å². The number of ether oxygens (including phenoxy) is 4. The van der Waals surface area contributed by atoms with Crippen LogP contribution >= 0.6 is 0 Å².